The summed E-state index contributed by atoms with van der Waals surface area (Å²) in [5.74, 6) is 0.926. The number of fused-ring (bicyclic) bond motifs is 1. The molecule has 0 saturated heterocycles. The van der Waals surface area contributed by atoms with E-state index in [2.05, 4.69) is 21.3 Å². The summed E-state index contributed by atoms with van der Waals surface area (Å²) in [6.07, 6.45) is 2.06. The Morgan fingerprint density at radius 1 is 1.08 bits per heavy atom. The number of aryl methyl sites for hydroxylation is 2. The number of anilines is 1. The van der Waals surface area contributed by atoms with E-state index in [-0.39, 0.29) is 4.90 Å². The Morgan fingerprint density at radius 2 is 1.84 bits per heavy atom. The van der Waals surface area contributed by atoms with Gasteiger partial charge in [0.1, 0.15) is 5.75 Å². The molecule has 5 N–H and O–H groups in total. The van der Waals surface area contributed by atoms with Gasteiger partial charge in [-0.25, -0.2) is 18.5 Å². The van der Waals surface area contributed by atoms with E-state index < -0.39 is 10.0 Å². The minimum atomic E-state index is -3.80. The van der Waals surface area contributed by atoms with Gasteiger partial charge >= 0.3 is 0 Å². The fourth-order valence-electron chi connectivity index (χ4n) is 4.20. The maximum absolute atomic E-state index is 11.7. The zero-order valence-corrected chi connectivity index (χ0v) is 20.9. The summed E-state index contributed by atoms with van der Waals surface area (Å²) in [5, 5.41) is 21.9. The number of imidazole rings is 1. The molecule has 0 aliphatic carbocycles. The summed E-state index contributed by atoms with van der Waals surface area (Å²) >= 11 is 0. The van der Waals surface area contributed by atoms with Crippen molar-refractivity contribution in [2.24, 2.45) is 12.2 Å². The molecule has 11 heteroatoms. The molecule has 0 amide bonds. The monoisotopic (exact) mass is 513 g/mol. The Hall–Kier alpha value is -4.66. The Morgan fingerprint density at radius 3 is 2.54 bits per heavy atom. The number of hydrogen-bond donors (Lipinski definition) is 3. The first-order chi connectivity index (χ1) is 17.6. The van der Waals surface area contributed by atoms with Crippen LogP contribution in [0.4, 0.5) is 5.69 Å². The second-order valence-electron chi connectivity index (χ2n) is 8.74. The number of H-pyrrole nitrogens is 1. The average Bonchev–Trinajstić information content (AvgIpc) is 3.44. The first-order valence-corrected chi connectivity index (χ1v) is 12.8. The van der Waals surface area contributed by atoms with Crippen LogP contribution in [0, 0.1) is 18.3 Å². The summed E-state index contributed by atoms with van der Waals surface area (Å²) in [6.45, 7) is 1.92. The van der Waals surface area contributed by atoms with Crippen LogP contribution in [0.25, 0.3) is 22.3 Å². The quantitative estimate of drug-likeness (QED) is 0.291. The zero-order valence-electron chi connectivity index (χ0n) is 20.1. The van der Waals surface area contributed by atoms with Crippen LogP contribution in [-0.2, 0) is 23.5 Å². The molecule has 3 aromatic carbocycles. The SMILES string of the molecule is Cc1cc(-c2ccc(S(N)(=O)=O)cc2)cc(Cc2cc(C#N)ccc2N)c1Oc1n[nH]c2c1ncn2C. The number of nitrogen functional groups attached to an aromatic ring is 1. The Kier molecular flexibility index (Phi) is 5.91. The number of ether oxygens (including phenoxy) is 1. The maximum Gasteiger partial charge on any atom is 0.266 e. The van der Waals surface area contributed by atoms with Crippen molar-refractivity contribution in [2.45, 2.75) is 18.2 Å². The highest BCUT2D eigenvalue weighted by Crippen LogP contribution is 2.37. The molecule has 186 valence electrons. The summed E-state index contributed by atoms with van der Waals surface area (Å²) in [5.41, 5.74) is 12.7. The predicted molar refractivity (Wildman–Crippen MR) is 139 cm³/mol. The van der Waals surface area contributed by atoms with Crippen molar-refractivity contribution in [2.75, 3.05) is 5.73 Å². The summed E-state index contributed by atoms with van der Waals surface area (Å²) in [4.78, 5) is 4.41. The molecule has 2 aromatic heterocycles. The molecule has 0 radical (unpaired) electrons. The largest absolute Gasteiger partial charge is 0.435 e. The number of rotatable bonds is 6. The fourth-order valence-corrected chi connectivity index (χ4v) is 4.72. The third kappa shape index (κ3) is 4.63. The molecule has 5 rings (SSSR count). The first kappa shape index (κ1) is 24.1. The van der Waals surface area contributed by atoms with Gasteiger partial charge in [-0.15, -0.1) is 5.10 Å². The van der Waals surface area contributed by atoms with Gasteiger partial charge in [-0.2, -0.15) is 5.26 Å². The van der Waals surface area contributed by atoms with Gasteiger partial charge in [-0.05, 0) is 71.6 Å². The van der Waals surface area contributed by atoms with Crippen LogP contribution in [-0.4, -0.2) is 28.2 Å². The van der Waals surface area contributed by atoms with Gasteiger partial charge in [0, 0.05) is 24.7 Å². The minimum absolute atomic E-state index is 0.0344. The lowest BCUT2D eigenvalue weighted by molar-refractivity contribution is 0.457. The summed E-state index contributed by atoms with van der Waals surface area (Å²) in [6, 6.07) is 17.5. The molecule has 0 unspecified atom stereocenters. The van der Waals surface area contributed by atoms with Crippen molar-refractivity contribution in [1.82, 2.24) is 19.7 Å². The van der Waals surface area contributed by atoms with Gasteiger partial charge < -0.3 is 15.0 Å². The molecule has 2 heterocycles. The standard InChI is InChI=1S/C26H23N7O3S/c1-15-9-18(17-4-6-21(7-5-17)37(29,34)35)11-20(12-19-10-16(13-27)3-8-22(19)28)24(15)36-26-23-25(31-32-26)33(2)14-30-23/h3-11,14H,12,28H2,1-2H3,(H,31,32)(H2,29,34,35). The van der Waals surface area contributed by atoms with Crippen molar-refractivity contribution >= 4 is 26.9 Å². The predicted octanol–water partition coefficient (Wildman–Crippen LogP) is 3.76. The minimum Gasteiger partial charge on any atom is -0.435 e. The Bertz CT molecular complexity index is 1800. The lowest BCUT2D eigenvalue weighted by atomic mass is 9.94. The second kappa shape index (κ2) is 9.09. The molecule has 5 aromatic rings. The first-order valence-electron chi connectivity index (χ1n) is 11.2. The number of nitriles is 1. The molecule has 0 aliphatic rings. The molecule has 10 nitrogen and oxygen atoms in total. The molecular weight excluding hydrogens is 490 g/mol. The molecule has 0 aliphatic heterocycles. The number of nitrogens with one attached hydrogen (secondary N) is 1. The second-order valence-corrected chi connectivity index (χ2v) is 10.3. The van der Waals surface area contributed by atoms with Crippen molar-refractivity contribution in [3.63, 3.8) is 0 Å². The highest BCUT2D eigenvalue weighted by Gasteiger charge is 2.19. The van der Waals surface area contributed by atoms with Gasteiger partial charge in [0.2, 0.25) is 10.0 Å². The van der Waals surface area contributed by atoms with Crippen LogP contribution in [0.2, 0.25) is 0 Å². The zero-order chi connectivity index (χ0) is 26.3. The van der Waals surface area contributed by atoms with Crippen LogP contribution < -0.4 is 15.6 Å². The van der Waals surface area contributed by atoms with Crippen LogP contribution in [0.3, 0.4) is 0 Å². The number of hydrogen-bond acceptors (Lipinski definition) is 7. The van der Waals surface area contributed by atoms with E-state index in [9.17, 15) is 13.7 Å². The lowest BCUT2D eigenvalue weighted by Crippen LogP contribution is -2.11. The molecular formula is C26H23N7O3S. The number of benzene rings is 3. The molecule has 0 fully saturated rings. The molecule has 37 heavy (non-hydrogen) atoms. The van der Waals surface area contributed by atoms with Gasteiger partial charge in [0.25, 0.3) is 5.88 Å². The summed E-state index contributed by atoms with van der Waals surface area (Å²) < 4.78 is 31.5. The Labute approximate surface area is 213 Å². The van der Waals surface area contributed by atoms with Crippen LogP contribution in [0.15, 0.2) is 65.8 Å². The molecule has 0 bridgehead atoms. The average molecular weight is 514 g/mol. The van der Waals surface area contributed by atoms with Crippen molar-refractivity contribution < 1.29 is 13.2 Å². The van der Waals surface area contributed by atoms with E-state index in [0.29, 0.717) is 34.8 Å². The number of nitrogens with zero attached hydrogens (tertiary/aromatic N) is 4. The lowest BCUT2D eigenvalue weighted by Gasteiger charge is -2.16. The normalized spacial score (nSPS) is 11.5. The van der Waals surface area contributed by atoms with E-state index >= 15 is 0 Å². The highest BCUT2D eigenvalue weighted by molar-refractivity contribution is 7.89. The van der Waals surface area contributed by atoms with E-state index in [1.165, 1.54) is 12.1 Å². The van der Waals surface area contributed by atoms with E-state index in [1.807, 2.05) is 30.7 Å². The number of aromatic amines is 1. The molecule has 0 saturated carbocycles. The smallest absolute Gasteiger partial charge is 0.266 e. The number of aromatic nitrogens is 4. The van der Waals surface area contributed by atoms with E-state index in [4.69, 9.17) is 15.6 Å². The third-order valence-corrected chi connectivity index (χ3v) is 7.05. The number of primary sulfonamides is 1. The van der Waals surface area contributed by atoms with Crippen LogP contribution in [0.1, 0.15) is 22.3 Å². The third-order valence-electron chi connectivity index (χ3n) is 6.12. The number of nitrogens with two attached hydrogens (primary N) is 2. The van der Waals surface area contributed by atoms with Crippen molar-refractivity contribution in [3.8, 4) is 28.8 Å². The molecule has 0 spiro atoms. The summed E-state index contributed by atoms with van der Waals surface area (Å²) in [7, 11) is -1.94. The maximum atomic E-state index is 11.7. The highest BCUT2D eigenvalue weighted by atomic mass is 32.2. The Balaban J connectivity index is 1.62. The number of sulfonamides is 1. The van der Waals surface area contributed by atoms with Crippen LogP contribution >= 0.6 is 0 Å². The van der Waals surface area contributed by atoms with Crippen molar-refractivity contribution in [3.05, 3.63) is 83.2 Å². The van der Waals surface area contributed by atoms with Gasteiger partial charge in [-0.3, -0.25) is 5.10 Å². The van der Waals surface area contributed by atoms with Gasteiger partial charge in [0.15, 0.2) is 11.2 Å². The fraction of sp³-hybridized carbons (Fsp3) is 0.115. The van der Waals surface area contributed by atoms with Crippen LogP contribution in [0.5, 0.6) is 11.6 Å². The topological polar surface area (TPSA) is 166 Å². The van der Waals surface area contributed by atoms with Gasteiger partial charge in [-0.1, -0.05) is 12.1 Å². The van der Waals surface area contributed by atoms with E-state index in [0.717, 1.165) is 33.5 Å². The molecule has 0 atom stereocenters. The van der Waals surface area contributed by atoms with Gasteiger partial charge in [0.05, 0.1) is 22.9 Å². The van der Waals surface area contributed by atoms with E-state index in [1.54, 1.807) is 36.7 Å². The van der Waals surface area contributed by atoms with Crippen molar-refractivity contribution in [1.29, 1.82) is 5.26 Å².